The van der Waals surface area contributed by atoms with Crippen molar-refractivity contribution < 1.29 is 14.3 Å². The van der Waals surface area contributed by atoms with Crippen molar-refractivity contribution in [2.75, 3.05) is 6.61 Å². The van der Waals surface area contributed by atoms with E-state index >= 15 is 0 Å². The summed E-state index contributed by atoms with van der Waals surface area (Å²) >= 11 is 0. The molecule has 0 unspecified atom stereocenters. The minimum absolute atomic E-state index is 0.185. The van der Waals surface area contributed by atoms with Crippen molar-refractivity contribution >= 4 is 14.4 Å². The van der Waals surface area contributed by atoms with Crippen LogP contribution < -0.4 is 0 Å². The molecule has 1 N–H and O–H groups in total. The lowest BCUT2D eigenvalue weighted by molar-refractivity contribution is 0.0124. The van der Waals surface area contributed by atoms with Gasteiger partial charge < -0.3 is 9.53 Å². The van der Waals surface area contributed by atoms with Crippen LogP contribution in [0.5, 0.6) is 0 Å². The molecular formula is C19H36N2O3Si. The van der Waals surface area contributed by atoms with Crippen LogP contribution in [0.4, 0.5) is 4.79 Å². The normalized spacial score (nSPS) is 25.3. The lowest BCUT2D eigenvalue weighted by atomic mass is 9.75. The van der Waals surface area contributed by atoms with Crippen molar-refractivity contribution in [3.05, 3.63) is 0 Å². The van der Waals surface area contributed by atoms with E-state index in [1.54, 1.807) is 0 Å². The van der Waals surface area contributed by atoms with Gasteiger partial charge in [0.15, 0.2) is 8.32 Å². The van der Waals surface area contributed by atoms with Crippen molar-refractivity contribution in [1.29, 1.82) is 5.26 Å². The first-order valence-electron chi connectivity index (χ1n) is 9.25. The number of hydrogen-bond acceptors (Lipinski definition) is 3. The van der Waals surface area contributed by atoms with Gasteiger partial charge in [0.2, 0.25) is 0 Å². The summed E-state index contributed by atoms with van der Waals surface area (Å²) < 4.78 is 6.34. The van der Waals surface area contributed by atoms with Crippen LogP contribution in [0.25, 0.3) is 0 Å². The van der Waals surface area contributed by atoms with Gasteiger partial charge in [0.25, 0.3) is 0 Å². The average Bonchev–Trinajstić information content (AvgIpc) is 2.43. The number of rotatable bonds is 4. The molecule has 1 amide bonds. The van der Waals surface area contributed by atoms with Gasteiger partial charge in [-0.25, -0.2) is 4.79 Å². The van der Waals surface area contributed by atoms with E-state index in [0.29, 0.717) is 18.8 Å². The van der Waals surface area contributed by atoms with Crippen molar-refractivity contribution in [2.24, 2.45) is 5.92 Å². The van der Waals surface area contributed by atoms with Crippen molar-refractivity contribution in [3.8, 4) is 6.07 Å². The van der Waals surface area contributed by atoms with Gasteiger partial charge in [0, 0.05) is 12.1 Å². The Hall–Kier alpha value is -1.06. The Bertz CT molecular complexity index is 518. The molecule has 0 aromatic carbocycles. The second-order valence-corrected chi connectivity index (χ2v) is 14.8. The Kier molecular flexibility index (Phi) is 6.40. The lowest BCUT2D eigenvalue weighted by Gasteiger charge is -2.48. The highest BCUT2D eigenvalue weighted by atomic mass is 28.4. The van der Waals surface area contributed by atoms with Crippen LogP contribution in [-0.4, -0.2) is 42.1 Å². The third-order valence-electron chi connectivity index (χ3n) is 5.92. The van der Waals surface area contributed by atoms with Crippen molar-refractivity contribution in [2.45, 2.75) is 96.4 Å². The number of carbonyl (C=O) groups is 1. The van der Waals surface area contributed by atoms with Gasteiger partial charge >= 0.3 is 6.09 Å². The van der Waals surface area contributed by atoms with Crippen LogP contribution >= 0.6 is 0 Å². The molecule has 0 aromatic heterocycles. The van der Waals surface area contributed by atoms with Gasteiger partial charge in [0.1, 0.15) is 5.54 Å². The van der Waals surface area contributed by atoms with Gasteiger partial charge in [-0.3, -0.25) is 4.90 Å². The lowest BCUT2D eigenvalue weighted by Crippen LogP contribution is -2.60. The molecule has 5 nitrogen and oxygen atoms in total. The Labute approximate surface area is 154 Å². The smallest absolute Gasteiger partial charge is 0.409 e. The van der Waals surface area contributed by atoms with E-state index in [9.17, 15) is 15.2 Å². The Balaban J connectivity index is 2.79. The van der Waals surface area contributed by atoms with E-state index in [2.05, 4.69) is 39.9 Å². The zero-order chi connectivity index (χ0) is 19.7. The highest BCUT2D eigenvalue weighted by Gasteiger charge is 2.48. The second-order valence-electron chi connectivity index (χ2n) is 9.95. The molecule has 0 aromatic rings. The van der Waals surface area contributed by atoms with E-state index < -0.39 is 25.5 Å². The monoisotopic (exact) mass is 368 g/mol. The van der Waals surface area contributed by atoms with E-state index in [-0.39, 0.29) is 5.04 Å². The number of nitrogens with zero attached hydrogens (tertiary/aromatic N) is 2. The Morgan fingerprint density at radius 2 is 1.72 bits per heavy atom. The van der Waals surface area contributed by atoms with Crippen LogP contribution in [0.3, 0.4) is 0 Å². The summed E-state index contributed by atoms with van der Waals surface area (Å²) in [5.41, 5.74) is -1.51. The number of hydrogen-bond donors (Lipinski definition) is 1. The molecule has 25 heavy (non-hydrogen) atoms. The maximum atomic E-state index is 11.8. The van der Waals surface area contributed by atoms with Crippen molar-refractivity contribution in [1.82, 2.24) is 4.90 Å². The van der Waals surface area contributed by atoms with E-state index in [1.165, 1.54) is 4.90 Å². The van der Waals surface area contributed by atoms with Crippen LogP contribution in [0, 0.1) is 17.2 Å². The zero-order valence-corrected chi connectivity index (χ0v) is 18.3. The number of amides is 1. The van der Waals surface area contributed by atoms with E-state index in [4.69, 9.17) is 4.43 Å². The maximum Gasteiger partial charge on any atom is 0.409 e. The molecule has 0 spiro atoms. The highest BCUT2D eigenvalue weighted by molar-refractivity contribution is 6.74. The Morgan fingerprint density at radius 3 is 2.04 bits per heavy atom. The summed E-state index contributed by atoms with van der Waals surface area (Å²) in [7, 11) is -1.77. The Morgan fingerprint density at radius 1 is 1.24 bits per heavy atom. The number of nitriles is 1. The molecule has 6 heteroatoms. The largest absolute Gasteiger partial charge is 0.465 e. The van der Waals surface area contributed by atoms with Crippen LogP contribution in [-0.2, 0) is 4.43 Å². The topological polar surface area (TPSA) is 73.6 Å². The third kappa shape index (κ3) is 4.98. The predicted octanol–water partition coefficient (Wildman–Crippen LogP) is 5.24. The molecular weight excluding hydrogens is 332 g/mol. The molecule has 1 aliphatic carbocycles. The summed E-state index contributed by atoms with van der Waals surface area (Å²) in [6.07, 6.45) is 1.83. The molecule has 1 fully saturated rings. The van der Waals surface area contributed by atoms with Crippen LogP contribution in [0.15, 0.2) is 0 Å². The molecule has 1 rings (SSSR count). The maximum absolute atomic E-state index is 11.8. The standard InChI is InChI=1S/C19H36N2O3Si/c1-17(2,3)21(16(22)23)19(14-20)11-9-15(10-12-19)13-24-25(7,8)18(4,5)6/h15H,9-13H2,1-8H3,(H,22,23). The molecule has 1 saturated carbocycles. The zero-order valence-electron chi connectivity index (χ0n) is 17.3. The molecule has 0 bridgehead atoms. The molecule has 0 atom stereocenters. The van der Waals surface area contributed by atoms with Gasteiger partial charge in [-0.05, 0) is 70.5 Å². The van der Waals surface area contributed by atoms with Gasteiger partial charge in [-0.15, -0.1) is 0 Å². The third-order valence-corrected chi connectivity index (χ3v) is 10.4. The minimum atomic E-state index is -1.77. The summed E-state index contributed by atoms with van der Waals surface area (Å²) in [5.74, 6) is 0.409. The van der Waals surface area contributed by atoms with E-state index in [1.807, 2.05) is 20.8 Å². The average molecular weight is 369 g/mol. The molecule has 0 heterocycles. The van der Waals surface area contributed by atoms with Gasteiger partial charge in [-0.1, -0.05) is 20.8 Å². The second kappa shape index (κ2) is 7.28. The summed E-state index contributed by atoms with van der Waals surface area (Å²) in [6, 6.07) is 2.34. The van der Waals surface area contributed by atoms with Gasteiger partial charge in [-0.2, -0.15) is 5.26 Å². The fourth-order valence-corrected chi connectivity index (χ4v) is 4.45. The number of carboxylic acid groups (broad SMARTS) is 1. The molecule has 0 saturated heterocycles. The summed E-state index contributed by atoms with van der Waals surface area (Å²) in [6.45, 7) is 17.5. The first-order valence-corrected chi connectivity index (χ1v) is 12.2. The SMILES string of the molecule is CC(C)(C)N(C(=O)O)C1(C#N)CCC(CO[Si](C)(C)C(C)(C)C)CC1. The summed E-state index contributed by atoms with van der Waals surface area (Å²) in [4.78, 5) is 13.2. The van der Waals surface area contributed by atoms with E-state index in [0.717, 1.165) is 19.4 Å². The fourth-order valence-electron chi connectivity index (χ4n) is 3.36. The molecule has 0 aliphatic heterocycles. The highest BCUT2D eigenvalue weighted by Crippen LogP contribution is 2.41. The predicted molar refractivity (Wildman–Crippen MR) is 103 cm³/mol. The van der Waals surface area contributed by atoms with Crippen molar-refractivity contribution in [3.63, 3.8) is 0 Å². The fraction of sp³-hybridized carbons (Fsp3) is 0.895. The minimum Gasteiger partial charge on any atom is -0.465 e. The first-order chi connectivity index (χ1) is 11.2. The summed E-state index contributed by atoms with van der Waals surface area (Å²) in [5, 5.41) is 19.7. The quantitative estimate of drug-likeness (QED) is 0.689. The van der Waals surface area contributed by atoms with Crippen LogP contribution in [0.1, 0.15) is 67.2 Å². The van der Waals surface area contributed by atoms with Crippen LogP contribution in [0.2, 0.25) is 18.1 Å². The van der Waals surface area contributed by atoms with Gasteiger partial charge in [0.05, 0.1) is 6.07 Å². The molecule has 144 valence electrons. The molecule has 1 aliphatic rings. The molecule has 0 radical (unpaired) electrons. The first kappa shape index (κ1) is 22.0.